The average Bonchev–Trinajstić information content (AvgIpc) is 2.66. The summed E-state index contributed by atoms with van der Waals surface area (Å²) in [6.07, 6.45) is 0. The van der Waals surface area contributed by atoms with Crippen molar-refractivity contribution in [1.82, 2.24) is 20.1 Å². The van der Waals surface area contributed by atoms with Crippen molar-refractivity contribution < 1.29 is 4.79 Å². The highest BCUT2D eigenvalue weighted by Crippen LogP contribution is 2.10. The molecule has 5 nitrogen and oxygen atoms in total. The molecule has 0 aliphatic carbocycles. The van der Waals surface area contributed by atoms with Crippen LogP contribution in [0.3, 0.4) is 0 Å². The van der Waals surface area contributed by atoms with Gasteiger partial charge in [-0.15, -0.1) is 5.10 Å². The molecule has 0 saturated heterocycles. The second kappa shape index (κ2) is 5.09. The molecule has 0 radical (unpaired) electrons. The molecule has 0 unspecified atom stereocenters. The zero-order valence-corrected chi connectivity index (χ0v) is 10.6. The van der Waals surface area contributed by atoms with E-state index in [1.807, 2.05) is 34.6 Å². The monoisotopic (exact) mass is 224 g/mol. The predicted octanol–water partition coefficient (Wildman–Crippen LogP) is 1.80. The summed E-state index contributed by atoms with van der Waals surface area (Å²) in [6.45, 7) is 10.6. The lowest BCUT2D eigenvalue weighted by Gasteiger charge is -2.23. The van der Waals surface area contributed by atoms with E-state index in [9.17, 15) is 4.79 Å². The van der Waals surface area contributed by atoms with Crippen molar-refractivity contribution in [3.05, 3.63) is 11.6 Å². The topological polar surface area (TPSA) is 61.9 Å². The predicted molar refractivity (Wildman–Crippen MR) is 62.3 cm³/mol. The maximum atomic E-state index is 12.0. The standard InChI is InChI=1S/C11H20N4O/c1-6-15(8(4)5)11(16)10-12-9(7(2)3)13-14-10/h7-8H,6H2,1-5H3,(H,12,13,14). The first kappa shape index (κ1) is 12.7. The number of nitrogens with zero attached hydrogens (tertiary/aromatic N) is 3. The van der Waals surface area contributed by atoms with Gasteiger partial charge in [0.1, 0.15) is 5.82 Å². The third-order valence-electron chi connectivity index (χ3n) is 2.47. The highest BCUT2D eigenvalue weighted by Gasteiger charge is 2.21. The van der Waals surface area contributed by atoms with Crippen LogP contribution >= 0.6 is 0 Å². The van der Waals surface area contributed by atoms with Crippen LogP contribution in [0.4, 0.5) is 0 Å². The Morgan fingerprint density at radius 2 is 2.00 bits per heavy atom. The van der Waals surface area contributed by atoms with Gasteiger partial charge in [-0.3, -0.25) is 9.89 Å². The number of carbonyl (C=O) groups is 1. The van der Waals surface area contributed by atoms with Gasteiger partial charge in [0.05, 0.1) is 0 Å². The number of rotatable bonds is 4. The van der Waals surface area contributed by atoms with Gasteiger partial charge in [0.2, 0.25) is 5.82 Å². The summed E-state index contributed by atoms with van der Waals surface area (Å²) in [6, 6.07) is 0.165. The van der Waals surface area contributed by atoms with E-state index in [4.69, 9.17) is 0 Å². The van der Waals surface area contributed by atoms with Crippen LogP contribution < -0.4 is 0 Å². The molecule has 1 aromatic heterocycles. The summed E-state index contributed by atoms with van der Waals surface area (Å²) in [5.74, 6) is 1.16. The van der Waals surface area contributed by atoms with E-state index in [1.165, 1.54) is 0 Å². The van der Waals surface area contributed by atoms with Crippen LogP contribution in [0.2, 0.25) is 0 Å². The van der Waals surface area contributed by atoms with Crippen LogP contribution in [0, 0.1) is 0 Å². The third-order valence-corrected chi connectivity index (χ3v) is 2.47. The minimum atomic E-state index is -0.111. The van der Waals surface area contributed by atoms with Crippen LogP contribution in [-0.2, 0) is 0 Å². The molecule has 16 heavy (non-hydrogen) atoms. The van der Waals surface area contributed by atoms with Crippen LogP contribution in [0.15, 0.2) is 0 Å². The van der Waals surface area contributed by atoms with E-state index in [0.29, 0.717) is 6.54 Å². The molecule has 1 aromatic rings. The molecule has 1 rings (SSSR count). The van der Waals surface area contributed by atoms with E-state index < -0.39 is 0 Å². The van der Waals surface area contributed by atoms with Crippen molar-refractivity contribution in [2.75, 3.05) is 6.54 Å². The Balaban J connectivity index is 2.87. The van der Waals surface area contributed by atoms with Crippen LogP contribution in [-0.4, -0.2) is 38.6 Å². The van der Waals surface area contributed by atoms with E-state index in [-0.39, 0.29) is 23.7 Å². The lowest BCUT2D eigenvalue weighted by Crippen LogP contribution is -2.37. The van der Waals surface area contributed by atoms with Crippen molar-refractivity contribution in [3.63, 3.8) is 0 Å². The van der Waals surface area contributed by atoms with E-state index in [0.717, 1.165) is 5.82 Å². The molecule has 0 spiro atoms. The van der Waals surface area contributed by atoms with Crippen LogP contribution in [0.25, 0.3) is 0 Å². The number of amides is 1. The van der Waals surface area contributed by atoms with Crippen molar-refractivity contribution in [2.45, 2.75) is 46.6 Å². The summed E-state index contributed by atoms with van der Waals surface area (Å²) in [7, 11) is 0. The molecule has 90 valence electrons. The SMILES string of the molecule is CCN(C(=O)c1n[nH]c(C(C)C)n1)C(C)C. The van der Waals surface area contributed by atoms with Gasteiger partial charge in [0, 0.05) is 18.5 Å². The van der Waals surface area contributed by atoms with Gasteiger partial charge in [-0.1, -0.05) is 13.8 Å². The smallest absolute Gasteiger partial charge is 0.293 e. The molecule has 5 heteroatoms. The van der Waals surface area contributed by atoms with Crippen molar-refractivity contribution in [2.24, 2.45) is 0 Å². The summed E-state index contributed by atoms with van der Waals surface area (Å²) in [4.78, 5) is 18.0. The summed E-state index contributed by atoms with van der Waals surface area (Å²) < 4.78 is 0. The van der Waals surface area contributed by atoms with Crippen molar-refractivity contribution in [1.29, 1.82) is 0 Å². The lowest BCUT2D eigenvalue weighted by molar-refractivity contribution is 0.0704. The van der Waals surface area contributed by atoms with Gasteiger partial charge in [-0.05, 0) is 20.8 Å². The Bertz CT molecular complexity index is 357. The maximum Gasteiger partial charge on any atom is 0.293 e. The van der Waals surface area contributed by atoms with E-state index in [2.05, 4.69) is 15.2 Å². The minimum Gasteiger partial charge on any atom is -0.334 e. The van der Waals surface area contributed by atoms with Gasteiger partial charge >= 0.3 is 0 Å². The number of aromatic nitrogens is 3. The van der Waals surface area contributed by atoms with Gasteiger partial charge in [-0.2, -0.15) is 0 Å². The average molecular weight is 224 g/mol. The molecular formula is C11H20N4O. The summed E-state index contributed by atoms with van der Waals surface area (Å²) >= 11 is 0. The van der Waals surface area contributed by atoms with Gasteiger partial charge in [-0.25, -0.2) is 4.98 Å². The van der Waals surface area contributed by atoms with Gasteiger partial charge in [0.15, 0.2) is 0 Å². The Labute approximate surface area is 96.3 Å². The summed E-state index contributed by atoms with van der Waals surface area (Å²) in [5, 5.41) is 6.76. The highest BCUT2D eigenvalue weighted by atomic mass is 16.2. The van der Waals surface area contributed by atoms with Crippen molar-refractivity contribution >= 4 is 5.91 Å². The molecule has 0 aliphatic heterocycles. The first-order chi connectivity index (χ1) is 7.47. The second-order valence-corrected chi connectivity index (χ2v) is 4.38. The number of H-pyrrole nitrogens is 1. The molecule has 1 amide bonds. The van der Waals surface area contributed by atoms with E-state index in [1.54, 1.807) is 4.90 Å². The quantitative estimate of drug-likeness (QED) is 0.848. The van der Waals surface area contributed by atoms with Crippen LogP contribution in [0.5, 0.6) is 0 Å². The molecule has 1 heterocycles. The third kappa shape index (κ3) is 2.59. The van der Waals surface area contributed by atoms with Crippen LogP contribution in [0.1, 0.15) is 57.0 Å². The molecule has 1 N–H and O–H groups in total. The first-order valence-corrected chi connectivity index (χ1v) is 5.70. The Kier molecular flexibility index (Phi) is 4.04. The van der Waals surface area contributed by atoms with Gasteiger partial charge in [0.25, 0.3) is 5.91 Å². The second-order valence-electron chi connectivity index (χ2n) is 4.38. The number of nitrogens with one attached hydrogen (secondary N) is 1. The zero-order valence-electron chi connectivity index (χ0n) is 10.6. The molecular weight excluding hydrogens is 204 g/mol. The minimum absolute atomic E-state index is 0.111. The molecule has 0 aliphatic rings. The van der Waals surface area contributed by atoms with Gasteiger partial charge < -0.3 is 4.90 Å². The Morgan fingerprint density at radius 3 is 2.38 bits per heavy atom. The number of aromatic amines is 1. The normalized spacial score (nSPS) is 11.2. The molecule has 0 saturated carbocycles. The molecule has 0 atom stereocenters. The molecule has 0 bridgehead atoms. The summed E-state index contributed by atoms with van der Waals surface area (Å²) in [5.41, 5.74) is 0. The Hall–Kier alpha value is -1.39. The molecule has 0 fully saturated rings. The Morgan fingerprint density at radius 1 is 1.38 bits per heavy atom. The lowest BCUT2D eigenvalue weighted by atomic mass is 10.2. The number of carbonyl (C=O) groups excluding carboxylic acids is 1. The fraction of sp³-hybridized carbons (Fsp3) is 0.727. The highest BCUT2D eigenvalue weighted by molar-refractivity contribution is 5.90. The fourth-order valence-electron chi connectivity index (χ4n) is 1.50. The van der Waals surface area contributed by atoms with Crippen molar-refractivity contribution in [3.8, 4) is 0 Å². The number of hydrogen-bond acceptors (Lipinski definition) is 3. The first-order valence-electron chi connectivity index (χ1n) is 5.70. The fourth-order valence-corrected chi connectivity index (χ4v) is 1.50. The zero-order chi connectivity index (χ0) is 12.3. The maximum absolute atomic E-state index is 12.0. The molecule has 0 aromatic carbocycles. The van der Waals surface area contributed by atoms with E-state index >= 15 is 0 Å². The largest absolute Gasteiger partial charge is 0.334 e. The number of hydrogen-bond donors (Lipinski definition) is 1.